The van der Waals surface area contributed by atoms with Gasteiger partial charge >= 0.3 is 0 Å². The third kappa shape index (κ3) is 4.00. The van der Waals surface area contributed by atoms with E-state index in [0.29, 0.717) is 18.0 Å². The molecule has 1 aliphatic carbocycles. The third-order valence-corrected chi connectivity index (χ3v) is 7.20. The molecule has 0 saturated carbocycles. The van der Waals surface area contributed by atoms with E-state index in [1.807, 2.05) is 60.7 Å². The number of benzene rings is 3. The number of rotatable bonds is 3. The third-order valence-electron chi connectivity index (χ3n) is 6.95. The van der Waals surface area contributed by atoms with Gasteiger partial charge in [0.1, 0.15) is 5.82 Å². The van der Waals surface area contributed by atoms with E-state index in [1.54, 1.807) is 0 Å². The minimum atomic E-state index is -0.268. The summed E-state index contributed by atoms with van der Waals surface area (Å²) in [5, 5.41) is 4.34. The zero-order valence-electron chi connectivity index (χ0n) is 19.8. The van der Waals surface area contributed by atoms with Crippen LogP contribution in [0.3, 0.4) is 0 Å². The number of H-pyrrole nitrogens is 1. The number of carbonyl (C=O) groups is 1. The van der Waals surface area contributed by atoms with Gasteiger partial charge < -0.3 is 15.2 Å². The molecule has 6 rings (SSSR count). The number of allylic oxidation sites excluding steroid dienone is 1. The average molecular weight is 483 g/mol. The Kier molecular flexibility index (Phi) is 5.19. The van der Waals surface area contributed by atoms with Gasteiger partial charge in [-0.3, -0.25) is 4.79 Å². The Labute approximate surface area is 209 Å². The number of para-hydroxylation sites is 4. The molecule has 3 aromatic carbocycles. The van der Waals surface area contributed by atoms with Crippen LogP contribution >= 0.6 is 11.6 Å². The van der Waals surface area contributed by atoms with Gasteiger partial charge in [-0.05, 0) is 53.8 Å². The van der Waals surface area contributed by atoms with Crippen LogP contribution in [0, 0.1) is 5.41 Å². The fraction of sp³-hybridized carbons (Fsp3) is 0.241. The van der Waals surface area contributed by atoms with Crippen molar-refractivity contribution in [2.75, 3.05) is 10.2 Å². The number of Topliss-reactive ketones (excluding diaryl/α,β-unsaturated/α-hetero) is 1. The molecule has 2 heterocycles. The second-order valence-corrected chi connectivity index (χ2v) is 10.7. The van der Waals surface area contributed by atoms with Gasteiger partial charge in [-0.2, -0.15) is 0 Å². The van der Waals surface area contributed by atoms with Gasteiger partial charge in [0.25, 0.3) is 0 Å². The lowest BCUT2D eigenvalue weighted by Crippen LogP contribution is -2.36. The number of aromatic amines is 1. The predicted octanol–water partition coefficient (Wildman–Crippen LogP) is 7.03. The highest BCUT2D eigenvalue weighted by atomic mass is 35.5. The average Bonchev–Trinajstić information content (AvgIpc) is 3.17. The van der Waals surface area contributed by atoms with Crippen LogP contribution in [-0.4, -0.2) is 15.8 Å². The van der Waals surface area contributed by atoms with Gasteiger partial charge in [-0.1, -0.05) is 61.8 Å². The maximum Gasteiger partial charge on any atom is 0.163 e. The van der Waals surface area contributed by atoms with Crippen LogP contribution in [0.25, 0.3) is 11.0 Å². The van der Waals surface area contributed by atoms with E-state index in [-0.39, 0.29) is 17.2 Å². The predicted molar refractivity (Wildman–Crippen MR) is 142 cm³/mol. The first-order valence-electron chi connectivity index (χ1n) is 12.0. The highest BCUT2D eigenvalue weighted by Gasteiger charge is 2.41. The van der Waals surface area contributed by atoms with Crippen LogP contribution in [0.1, 0.15) is 44.1 Å². The van der Waals surface area contributed by atoms with Crippen molar-refractivity contribution in [3.8, 4) is 0 Å². The van der Waals surface area contributed by atoms with Crippen molar-refractivity contribution in [3.05, 3.63) is 100 Å². The summed E-state index contributed by atoms with van der Waals surface area (Å²) >= 11 is 6.26. The summed E-state index contributed by atoms with van der Waals surface area (Å²) < 4.78 is 0. The molecule has 2 N–H and O–H groups in total. The van der Waals surface area contributed by atoms with Gasteiger partial charge in [0.05, 0.1) is 35.0 Å². The Morgan fingerprint density at radius 1 is 1.00 bits per heavy atom. The lowest BCUT2D eigenvalue weighted by molar-refractivity contribution is -0.118. The number of imidazole rings is 1. The summed E-state index contributed by atoms with van der Waals surface area (Å²) in [5.74, 6) is 1.04. The first kappa shape index (κ1) is 21.9. The number of hydrogen-bond acceptors (Lipinski definition) is 4. The molecule has 176 valence electrons. The molecule has 0 spiro atoms. The fourth-order valence-electron chi connectivity index (χ4n) is 5.46. The van der Waals surface area contributed by atoms with Gasteiger partial charge in [-0.15, -0.1) is 0 Å². The Hall–Kier alpha value is -3.57. The molecule has 0 saturated heterocycles. The van der Waals surface area contributed by atoms with Gasteiger partial charge in [-0.25, -0.2) is 4.98 Å². The topological polar surface area (TPSA) is 61.0 Å². The quantitative estimate of drug-likeness (QED) is 0.329. The number of nitrogens with one attached hydrogen (secondary N) is 2. The number of fused-ring (bicyclic) bond motifs is 2. The maximum atomic E-state index is 13.8. The molecule has 2 aliphatic rings. The maximum absolute atomic E-state index is 13.8. The summed E-state index contributed by atoms with van der Waals surface area (Å²) in [6, 6.07) is 23.9. The monoisotopic (exact) mass is 482 g/mol. The van der Waals surface area contributed by atoms with Crippen LogP contribution in [0.4, 0.5) is 11.4 Å². The number of aromatic nitrogens is 2. The van der Waals surface area contributed by atoms with E-state index in [4.69, 9.17) is 16.6 Å². The number of halogens is 1. The van der Waals surface area contributed by atoms with E-state index in [1.165, 1.54) is 0 Å². The van der Waals surface area contributed by atoms with E-state index >= 15 is 0 Å². The van der Waals surface area contributed by atoms with E-state index in [2.05, 4.69) is 41.2 Å². The largest absolute Gasteiger partial charge is 0.357 e. The van der Waals surface area contributed by atoms with Crippen LogP contribution < -0.4 is 10.2 Å². The lowest BCUT2D eigenvalue weighted by atomic mass is 9.73. The van der Waals surface area contributed by atoms with Gasteiger partial charge in [0, 0.05) is 22.7 Å². The van der Waals surface area contributed by atoms with Crippen molar-refractivity contribution < 1.29 is 4.79 Å². The molecular weight excluding hydrogens is 456 g/mol. The summed E-state index contributed by atoms with van der Waals surface area (Å²) in [5.41, 5.74) is 6.74. The SMILES string of the molecule is CC1(C)CC(=O)C2=C(C1)Nc1ccccc1N(Cc1nc3ccccc3[nH]1)[C@@H]2c1ccc(Cl)cc1. The zero-order valence-corrected chi connectivity index (χ0v) is 20.6. The zero-order chi connectivity index (χ0) is 24.2. The van der Waals surface area contributed by atoms with Crippen molar-refractivity contribution in [2.45, 2.75) is 39.3 Å². The summed E-state index contributed by atoms with van der Waals surface area (Å²) in [4.78, 5) is 24.4. The van der Waals surface area contributed by atoms with E-state index < -0.39 is 0 Å². The molecule has 1 aliphatic heterocycles. The van der Waals surface area contributed by atoms with Crippen LogP contribution in [0.2, 0.25) is 5.02 Å². The molecule has 0 unspecified atom stereocenters. The number of hydrogen-bond donors (Lipinski definition) is 2. The number of ketones is 1. The van der Waals surface area contributed by atoms with Gasteiger partial charge in [0.15, 0.2) is 5.78 Å². The minimum Gasteiger partial charge on any atom is -0.357 e. The molecule has 0 radical (unpaired) electrons. The fourth-order valence-corrected chi connectivity index (χ4v) is 5.59. The molecule has 35 heavy (non-hydrogen) atoms. The van der Waals surface area contributed by atoms with Crippen molar-refractivity contribution >= 4 is 39.8 Å². The first-order valence-corrected chi connectivity index (χ1v) is 12.3. The van der Waals surface area contributed by atoms with Crippen molar-refractivity contribution in [3.63, 3.8) is 0 Å². The second-order valence-electron chi connectivity index (χ2n) is 10.3. The Bertz CT molecular complexity index is 1430. The lowest BCUT2D eigenvalue weighted by Gasteiger charge is -2.37. The molecule has 0 bridgehead atoms. The molecule has 1 atom stereocenters. The number of nitrogens with zero attached hydrogens (tertiary/aromatic N) is 2. The Morgan fingerprint density at radius 3 is 2.54 bits per heavy atom. The Balaban J connectivity index is 1.56. The summed E-state index contributed by atoms with van der Waals surface area (Å²) in [6.45, 7) is 4.85. The molecule has 5 nitrogen and oxygen atoms in total. The van der Waals surface area contributed by atoms with Crippen molar-refractivity contribution in [2.24, 2.45) is 5.41 Å². The number of anilines is 2. The highest BCUT2D eigenvalue weighted by Crippen LogP contribution is 2.48. The molecule has 0 amide bonds. The van der Waals surface area contributed by atoms with E-state index in [9.17, 15) is 4.79 Å². The number of carbonyl (C=O) groups excluding carboxylic acids is 1. The van der Waals surface area contributed by atoms with Crippen molar-refractivity contribution in [1.82, 2.24) is 9.97 Å². The summed E-state index contributed by atoms with van der Waals surface area (Å²) in [7, 11) is 0. The van der Waals surface area contributed by atoms with Crippen molar-refractivity contribution in [1.29, 1.82) is 0 Å². The first-order chi connectivity index (χ1) is 16.9. The normalized spacial score (nSPS) is 19.2. The molecule has 4 aromatic rings. The van der Waals surface area contributed by atoms with Crippen LogP contribution in [0.15, 0.2) is 84.1 Å². The second kappa shape index (κ2) is 8.28. The standard InChI is InChI=1S/C29H27ClN4O/c1-29(2)15-23-27(25(35)16-29)28(18-11-13-19(30)14-12-18)34(24-10-6-5-9-22(24)31-23)17-26-32-20-7-3-4-8-21(20)33-26/h3-14,28,31H,15-17H2,1-2H3,(H,32,33)/t28-/m1/s1. The smallest absolute Gasteiger partial charge is 0.163 e. The van der Waals surface area contributed by atoms with Gasteiger partial charge in [0.2, 0.25) is 0 Å². The van der Waals surface area contributed by atoms with E-state index in [0.717, 1.165) is 51.5 Å². The van der Waals surface area contributed by atoms with Crippen LogP contribution in [0.5, 0.6) is 0 Å². The van der Waals surface area contributed by atoms with Crippen LogP contribution in [-0.2, 0) is 11.3 Å². The molecule has 6 heteroatoms. The molecule has 1 aromatic heterocycles. The molecular formula is C29H27ClN4O. The highest BCUT2D eigenvalue weighted by molar-refractivity contribution is 6.30. The Morgan fingerprint density at radius 2 is 1.74 bits per heavy atom. The minimum absolute atomic E-state index is 0.101. The summed E-state index contributed by atoms with van der Waals surface area (Å²) in [6.07, 6.45) is 1.33. The molecule has 0 fully saturated rings.